The van der Waals surface area contributed by atoms with Gasteiger partial charge in [-0.2, -0.15) is 0 Å². The first-order valence-corrected chi connectivity index (χ1v) is 11.7. The van der Waals surface area contributed by atoms with Crippen LogP contribution in [0.25, 0.3) is 0 Å². The fourth-order valence-electron chi connectivity index (χ4n) is 5.13. The molecule has 30 heavy (non-hydrogen) atoms. The number of benzene rings is 2. The summed E-state index contributed by atoms with van der Waals surface area (Å²) in [5, 5.41) is 10.5. The van der Waals surface area contributed by atoms with Gasteiger partial charge in [0.05, 0.1) is 18.2 Å². The van der Waals surface area contributed by atoms with Gasteiger partial charge in [0.1, 0.15) is 11.8 Å². The Hall–Kier alpha value is -2.06. The molecule has 0 aliphatic carbocycles. The third-order valence-corrected chi connectivity index (χ3v) is 7.31. The number of hydrogen-bond donors (Lipinski definition) is 3. The summed E-state index contributed by atoms with van der Waals surface area (Å²) in [4.78, 5) is 16.6. The Morgan fingerprint density at radius 3 is 2.60 bits per heavy atom. The van der Waals surface area contributed by atoms with E-state index in [2.05, 4.69) is 41.4 Å². The minimum absolute atomic E-state index is 0.0349. The van der Waals surface area contributed by atoms with Gasteiger partial charge in [0.15, 0.2) is 0 Å². The molecule has 0 bridgehead atoms. The van der Waals surface area contributed by atoms with Gasteiger partial charge >= 0.3 is 0 Å². The third kappa shape index (κ3) is 3.39. The summed E-state index contributed by atoms with van der Waals surface area (Å²) < 4.78 is 5.86. The summed E-state index contributed by atoms with van der Waals surface area (Å²) in [6.45, 7) is 1.38. The Morgan fingerprint density at radius 1 is 1.13 bits per heavy atom. The van der Waals surface area contributed by atoms with Crippen LogP contribution in [-0.4, -0.2) is 47.5 Å². The predicted molar refractivity (Wildman–Crippen MR) is 116 cm³/mol. The molecule has 0 radical (unpaired) electrons. The number of ether oxygens (including phenoxy) is 1. The van der Waals surface area contributed by atoms with E-state index in [9.17, 15) is 9.90 Å². The van der Waals surface area contributed by atoms with E-state index in [0.29, 0.717) is 6.54 Å². The van der Waals surface area contributed by atoms with E-state index in [1.165, 1.54) is 4.90 Å². The fraction of sp³-hybridized carbons (Fsp3) is 0.435. The maximum Gasteiger partial charge on any atom is 0.242 e. The van der Waals surface area contributed by atoms with Crippen molar-refractivity contribution in [2.24, 2.45) is 5.92 Å². The van der Waals surface area contributed by atoms with Crippen LogP contribution in [0.15, 0.2) is 53.4 Å². The smallest absolute Gasteiger partial charge is 0.242 e. The zero-order chi connectivity index (χ0) is 20.7. The standard InChI is InChI=1S/C23H27N3O3S/c1-30-16-10-8-14(9-11-16)22-19-20(17-6-2-3-7-18(17)27)24-25-21(19)23(28)26(22)13-15-5-4-12-29-15/h2-3,6-11,15,19-22,24-25,27H,4-5,12-13H2,1H3. The summed E-state index contributed by atoms with van der Waals surface area (Å²) in [6.07, 6.45) is 4.20. The number of hydrogen-bond acceptors (Lipinski definition) is 6. The first-order valence-electron chi connectivity index (χ1n) is 10.5. The lowest BCUT2D eigenvalue weighted by atomic mass is 9.83. The quantitative estimate of drug-likeness (QED) is 0.640. The van der Waals surface area contributed by atoms with Gasteiger partial charge in [-0.1, -0.05) is 30.3 Å². The van der Waals surface area contributed by atoms with Crippen molar-refractivity contribution in [3.05, 3.63) is 59.7 Å². The van der Waals surface area contributed by atoms with Crippen molar-refractivity contribution in [2.45, 2.75) is 42.0 Å². The number of carbonyl (C=O) groups is 1. The third-order valence-electron chi connectivity index (χ3n) is 6.57. The van der Waals surface area contributed by atoms with Gasteiger partial charge < -0.3 is 14.7 Å². The molecule has 0 spiro atoms. The second-order valence-corrected chi connectivity index (χ2v) is 9.10. The number of thioether (sulfide) groups is 1. The Balaban J connectivity index is 1.54. The number of fused-ring (bicyclic) bond motifs is 1. The summed E-state index contributed by atoms with van der Waals surface area (Å²) in [6, 6.07) is 15.3. The Labute approximate surface area is 181 Å². The normalized spacial score (nSPS) is 30.8. The molecule has 0 saturated carbocycles. The van der Waals surface area contributed by atoms with Crippen LogP contribution in [-0.2, 0) is 9.53 Å². The fourth-order valence-corrected chi connectivity index (χ4v) is 5.54. The van der Waals surface area contributed by atoms with Crippen molar-refractivity contribution >= 4 is 17.7 Å². The minimum Gasteiger partial charge on any atom is -0.508 e. The molecular weight excluding hydrogens is 398 g/mol. The number of carbonyl (C=O) groups excluding carboxylic acids is 1. The van der Waals surface area contributed by atoms with E-state index in [1.807, 2.05) is 23.1 Å². The molecule has 5 atom stereocenters. The van der Waals surface area contributed by atoms with Crippen LogP contribution >= 0.6 is 11.8 Å². The van der Waals surface area contributed by atoms with Crippen LogP contribution < -0.4 is 10.9 Å². The molecule has 0 aromatic heterocycles. The molecule has 3 saturated heterocycles. The molecule has 2 aromatic carbocycles. The molecular formula is C23H27N3O3S. The number of phenolic OH excluding ortho intramolecular Hbond substituents is 1. The lowest BCUT2D eigenvalue weighted by Crippen LogP contribution is -2.43. The molecule has 5 rings (SSSR count). The number of aromatic hydroxyl groups is 1. The van der Waals surface area contributed by atoms with E-state index in [1.54, 1.807) is 17.8 Å². The highest BCUT2D eigenvalue weighted by atomic mass is 32.2. The molecule has 3 aliphatic heterocycles. The van der Waals surface area contributed by atoms with Crippen LogP contribution in [0.2, 0.25) is 0 Å². The zero-order valence-electron chi connectivity index (χ0n) is 17.0. The van der Waals surface area contributed by atoms with Gasteiger partial charge in [0.25, 0.3) is 0 Å². The maximum atomic E-state index is 13.4. The molecule has 3 heterocycles. The SMILES string of the molecule is CSc1ccc(C2C3C(NNC3c3ccccc3O)C(=O)N2CC2CCCO2)cc1. The van der Waals surface area contributed by atoms with Gasteiger partial charge in [0.2, 0.25) is 5.91 Å². The summed E-state index contributed by atoms with van der Waals surface area (Å²) in [5.41, 5.74) is 8.45. The highest BCUT2D eigenvalue weighted by Gasteiger charge is 2.56. The number of para-hydroxylation sites is 1. The first kappa shape index (κ1) is 19.9. The van der Waals surface area contributed by atoms with Crippen LogP contribution in [0.4, 0.5) is 0 Å². The van der Waals surface area contributed by atoms with Crippen LogP contribution in [0.1, 0.15) is 36.1 Å². The van der Waals surface area contributed by atoms with Gasteiger partial charge in [-0.3, -0.25) is 4.79 Å². The molecule has 158 valence electrons. The molecule has 2 aromatic rings. The van der Waals surface area contributed by atoms with E-state index >= 15 is 0 Å². The van der Waals surface area contributed by atoms with Crippen molar-refractivity contribution in [3.63, 3.8) is 0 Å². The van der Waals surface area contributed by atoms with Crippen LogP contribution in [0, 0.1) is 5.92 Å². The van der Waals surface area contributed by atoms with Gasteiger partial charge in [-0.15, -0.1) is 11.8 Å². The van der Waals surface area contributed by atoms with Crippen LogP contribution in [0.3, 0.4) is 0 Å². The van der Waals surface area contributed by atoms with E-state index in [-0.39, 0.29) is 41.8 Å². The predicted octanol–water partition coefficient (Wildman–Crippen LogP) is 3.01. The maximum absolute atomic E-state index is 13.4. The average molecular weight is 426 g/mol. The summed E-state index contributed by atoms with van der Waals surface area (Å²) in [7, 11) is 0. The number of likely N-dealkylation sites (tertiary alicyclic amines) is 1. The Bertz CT molecular complexity index is 916. The summed E-state index contributed by atoms with van der Waals surface area (Å²) in [5.74, 6) is 0.311. The second-order valence-electron chi connectivity index (χ2n) is 8.22. The molecule has 1 amide bonds. The largest absolute Gasteiger partial charge is 0.508 e. The molecule has 5 unspecified atom stereocenters. The van der Waals surface area contributed by atoms with Crippen molar-refractivity contribution in [3.8, 4) is 5.75 Å². The van der Waals surface area contributed by atoms with Crippen molar-refractivity contribution in [1.82, 2.24) is 15.8 Å². The summed E-state index contributed by atoms with van der Waals surface area (Å²) >= 11 is 1.71. The van der Waals surface area contributed by atoms with Gasteiger partial charge in [-0.25, -0.2) is 10.9 Å². The number of hydrazine groups is 1. The average Bonchev–Trinajstić information content (AvgIpc) is 3.49. The van der Waals surface area contributed by atoms with Crippen LogP contribution in [0.5, 0.6) is 5.75 Å². The number of nitrogens with zero attached hydrogens (tertiary/aromatic N) is 1. The molecule has 3 aliphatic rings. The lowest BCUT2D eigenvalue weighted by Gasteiger charge is -2.32. The molecule has 7 heteroatoms. The highest BCUT2D eigenvalue weighted by Crippen LogP contribution is 2.48. The molecule has 3 fully saturated rings. The highest BCUT2D eigenvalue weighted by molar-refractivity contribution is 7.98. The number of rotatable bonds is 5. The van der Waals surface area contributed by atoms with Crippen molar-refractivity contribution in [1.29, 1.82) is 0 Å². The monoisotopic (exact) mass is 425 g/mol. The minimum atomic E-state index is -0.332. The molecule has 3 N–H and O–H groups in total. The van der Waals surface area contributed by atoms with E-state index < -0.39 is 0 Å². The number of nitrogens with one attached hydrogen (secondary N) is 2. The van der Waals surface area contributed by atoms with E-state index in [4.69, 9.17) is 4.74 Å². The second kappa shape index (κ2) is 8.23. The Kier molecular flexibility index (Phi) is 5.45. The lowest BCUT2D eigenvalue weighted by molar-refractivity contribution is -0.132. The topological polar surface area (TPSA) is 73.8 Å². The van der Waals surface area contributed by atoms with E-state index in [0.717, 1.165) is 30.6 Å². The Morgan fingerprint density at radius 2 is 1.90 bits per heavy atom. The number of amides is 1. The van der Waals surface area contributed by atoms with Gasteiger partial charge in [-0.05, 0) is 42.9 Å². The van der Waals surface area contributed by atoms with Crippen molar-refractivity contribution < 1.29 is 14.6 Å². The first-order chi connectivity index (χ1) is 14.7. The zero-order valence-corrected chi connectivity index (χ0v) is 17.8. The van der Waals surface area contributed by atoms with Gasteiger partial charge in [0, 0.05) is 29.5 Å². The molecule has 6 nitrogen and oxygen atoms in total. The number of phenols is 1. The van der Waals surface area contributed by atoms with Crippen molar-refractivity contribution in [2.75, 3.05) is 19.4 Å².